The summed E-state index contributed by atoms with van der Waals surface area (Å²) < 4.78 is 5.81. The third-order valence-electron chi connectivity index (χ3n) is 4.12. The summed E-state index contributed by atoms with van der Waals surface area (Å²) in [5, 5.41) is 0. The van der Waals surface area contributed by atoms with Gasteiger partial charge in [-0.15, -0.1) is 0 Å². The van der Waals surface area contributed by atoms with Crippen molar-refractivity contribution in [2.45, 2.75) is 44.0 Å². The Morgan fingerprint density at radius 2 is 2.29 bits per heavy atom. The van der Waals surface area contributed by atoms with Gasteiger partial charge >= 0.3 is 121 Å². The molecule has 2 atom stereocenters. The molecule has 0 unspecified atom stereocenters. The average molecular weight is 445 g/mol. The van der Waals surface area contributed by atoms with Gasteiger partial charge in [-0.25, -0.2) is 0 Å². The molecule has 1 aliphatic carbocycles. The monoisotopic (exact) mass is 446 g/mol. The maximum absolute atomic E-state index is 10.8. The standard InChI is InChI=1S/C13H21O2.ClH.Hg/c1-10-6-5-8-13(3,4)12(10)7-9-15-11(2)14;;/h6,8,12H,5,7,9H2,1-4H3;1H;/q;;+1/p-1/t12-;;/m1../s1. The first-order valence-corrected chi connectivity index (χ1v) is 16.2. The number of esters is 1. The van der Waals surface area contributed by atoms with E-state index in [0.29, 0.717) is 12.5 Å². The van der Waals surface area contributed by atoms with Gasteiger partial charge in [0.2, 0.25) is 0 Å². The van der Waals surface area contributed by atoms with E-state index in [-0.39, 0.29) is 11.4 Å². The van der Waals surface area contributed by atoms with E-state index in [2.05, 4.69) is 26.8 Å². The van der Waals surface area contributed by atoms with Gasteiger partial charge in [-0.2, -0.15) is 0 Å². The molecule has 17 heavy (non-hydrogen) atoms. The minimum atomic E-state index is -1.23. The van der Waals surface area contributed by atoms with Crippen molar-refractivity contribution in [3.63, 3.8) is 0 Å². The van der Waals surface area contributed by atoms with Crippen LogP contribution < -0.4 is 0 Å². The summed E-state index contributed by atoms with van der Waals surface area (Å²) in [5.41, 5.74) is 1.72. The number of carbonyl (C=O) groups is 1. The van der Waals surface area contributed by atoms with E-state index >= 15 is 0 Å². The molecule has 94 valence electrons. The molecule has 0 heterocycles. The summed E-state index contributed by atoms with van der Waals surface area (Å²) in [5.74, 6) is 0.327. The van der Waals surface area contributed by atoms with Crippen LogP contribution in [-0.2, 0) is 32.9 Å². The molecule has 0 saturated heterocycles. The predicted molar refractivity (Wildman–Crippen MR) is 66.5 cm³/mol. The van der Waals surface area contributed by atoms with E-state index in [0.717, 1.165) is 16.3 Å². The van der Waals surface area contributed by atoms with Crippen LogP contribution >= 0.6 is 8.25 Å². The van der Waals surface area contributed by atoms with E-state index in [9.17, 15) is 4.79 Å². The minimum absolute atomic E-state index is 0.186. The van der Waals surface area contributed by atoms with Gasteiger partial charge in [0.25, 0.3) is 0 Å². The number of rotatable bonds is 4. The molecule has 0 saturated carbocycles. The fourth-order valence-electron chi connectivity index (χ4n) is 2.83. The van der Waals surface area contributed by atoms with Gasteiger partial charge in [-0.05, 0) is 0 Å². The molecule has 1 rings (SSSR count). The van der Waals surface area contributed by atoms with Crippen LogP contribution in [0.15, 0.2) is 11.6 Å². The number of halogens is 1. The van der Waals surface area contributed by atoms with Crippen LogP contribution in [0.1, 0.15) is 40.5 Å². The molecule has 0 aromatic heterocycles. The van der Waals surface area contributed by atoms with Crippen molar-refractivity contribution >= 4 is 14.2 Å². The summed E-state index contributed by atoms with van der Waals surface area (Å²) in [6, 6.07) is 0. The summed E-state index contributed by atoms with van der Waals surface area (Å²) in [7, 11) is 6.27. The van der Waals surface area contributed by atoms with E-state index in [1.165, 1.54) is 12.5 Å². The van der Waals surface area contributed by atoms with Crippen LogP contribution in [0.25, 0.3) is 0 Å². The van der Waals surface area contributed by atoms with Crippen LogP contribution in [0.4, 0.5) is 0 Å². The number of allylic oxidation sites excluding steroid dienone is 2. The SMILES string of the molecule is CC(=O)OCC[C@@H]1C(C)=CC[C@H]([Hg][Cl])C1(C)C. The topological polar surface area (TPSA) is 26.3 Å². The van der Waals surface area contributed by atoms with Crippen molar-refractivity contribution in [2.24, 2.45) is 11.3 Å². The van der Waals surface area contributed by atoms with Crippen LogP contribution in [0.2, 0.25) is 3.43 Å². The Bertz CT molecular complexity index is 313. The third-order valence-corrected chi connectivity index (χ3v) is 14.2. The van der Waals surface area contributed by atoms with Gasteiger partial charge in [0, 0.05) is 0 Å². The van der Waals surface area contributed by atoms with Crippen LogP contribution in [-0.4, -0.2) is 12.6 Å². The van der Waals surface area contributed by atoms with Gasteiger partial charge in [0.15, 0.2) is 0 Å². The van der Waals surface area contributed by atoms with Crippen molar-refractivity contribution in [2.75, 3.05) is 6.61 Å². The molecule has 0 amide bonds. The molecule has 0 aliphatic heterocycles. The van der Waals surface area contributed by atoms with Crippen molar-refractivity contribution in [1.29, 1.82) is 0 Å². The van der Waals surface area contributed by atoms with Gasteiger partial charge in [0.1, 0.15) is 0 Å². The second-order valence-corrected chi connectivity index (χ2v) is 13.3. The normalized spacial score (nSPS) is 27.0. The van der Waals surface area contributed by atoms with Crippen molar-refractivity contribution in [3.05, 3.63) is 11.6 Å². The number of hydrogen-bond donors (Lipinski definition) is 0. The van der Waals surface area contributed by atoms with E-state index in [4.69, 9.17) is 13.0 Å². The summed E-state index contributed by atoms with van der Waals surface area (Å²) in [4.78, 5) is 10.8. The maximum atomic E-state index is 10.8. The van der Waals surface area contributed by atoms with Gasteiger partial charge in [0.05, 0.1) is 0 Å². The first-order chi connectivity index (χ1) is 7.89. The molecule has 0 aromatic rings. The summed E-state index contributed by atoms with van der Waals surface area (Å²) >= 11 is -1.23. The Balaban J connectivity index is 2.69. The first kappa shape index (κ1) is 15.5. The Morgan fingerprint density at radius 3 is 2.82 bits per heavy atom. The Morgan fingerprint density at radius 1 is 1.65 bits per heavy atom. The zero-order valence-corrected chi connectivity index (χ0v) is 17.5. The van der Waals surface area contributed by atoms with Crippen molar-refractivity contribution < 1.29 is 32.9 Å². The zero-order valence-electron chi connectivity index (χ0n) is 11.3. The second-order valence-electron chi connectivity index (χ2n) is 5.54. The Labute approximate surface area is 120 Å². The predicted octanol–water partition coefficient (Wildman–Crippen LogP) is 3.96. The summed E-state index contributed by atoms with van der Waals surface area (Å²) in [6.45, 7) is 8.85. The number of carbonyl (C=O) groups excluding carboxylic acids is 1. The fraction of sp³-hybridized carbons (Fsp3) is 0.769. The molecule has 0 aromatic carbocycles. The number of hydrogen-bond acceptors (Lipinski definition) is 2. The van der Waals surface area contributed by atoms with E-state index in [1.807, 2.05) is 0 Å². The van der Waals surface area contributed by atoms with Gasteiger partial charge in [-0.3, -0.25) is 0 Å². The van der Waals surface area contributed by atoms with Crippen LogP contribution in [0, 0.1) is 11.3 Å². The molecule has 0 bridgehead atoms. The molecule has 0 spiro atoms. The zero-order chi connectivity index (χ0) is 13.1. The fourth-order valence-corrected chi connectivity index (χ4v) is 11.2. The quantitative estimate of drug-likeness (QED) is 0.372. The molecular formula is C13H21ClHgO2. The Hall–Kier alpha value is 0.435. The second kappa shape index (κ2) is 6.56. The molecular weight excluding hydrogens is 424 g/mol. The molecule has 1 aliphatic rings. The van der Waals surface area contributed by atoms with Gasteiger partial charge in [-0.1, -0.05) is 0 Å². The van der Waals surface area contributed by atoms with Crippen molar-refractivity contribution in [1.82, 2.24) is 0 Å². The molecule has 0 radical (unpaired) electrons. The summed E-state index contributed by atoms with van der Waals surface area (Å²) in [6.07, 6.45) is 4.43. The molecule has 4 heteroatoms. The average Bonchev–Trinajstić information content (AvgIpc) is 2.22. The van der Waals surface area contributed by atoms with Crippen molar-refractivity contribution in [3.8, 4) is 0 Å². The van der Waals surface area contributed by atoms with E-state index in [1.54, 1.807) is 0 Å². The van der Waals surface area contributed by atoms with E-state index < -0.39 is 23.3 Å². The number of ether oxygens (including phenoxy) is 1. The van der Waals surface area contributed by atoms with Crippen LogP contribution in [0.3, 0.4) is 0 Å². The Kier molecular flexibility index (Phi) is 5.98. The third kappa shape index (κ3) is 3.95. The molecule has 2 nitrogen and oxygen atoms in total. The molecule has 0 fully saturated rings. The van der Waals surface area contributed by atoms with Crippen LogP contribution in [0.5, 0.6) is 0 Å². The molecule has 0 N–H and O–H groups in total. The van der Waals surface area contributed by atoms with Gasteiger partial charge < -0.3 is 0 Å². The first-order valence-electron chi connectivity index (χ1n) is 6.25.